The van der Waals surface area contributed by atoms with Gasteiger partial charge in [0.1, 0.15) is 17.6 Å². The second-order valence-electron chi connectivity index (χ2n) is 7.52. The van der Waals surface area contributed by atoms with Gasteiger partial charge in [0.05, 0.1) is 19.3 Å². The van der Waals surface area contributed by atoms with Crippen LogP contribution in [0.5, 0.6) is 11.5 Å². The molecule has 1 aromatic heterocycles. The average molecular weight is 529 g/mol. The van der Waals surface area contributed by atoms with Crippen molar-refractivity contribution >= 4 is 29.9 Å². The largest absolute Gasteiger partial charge is 0.497 e. The van der Waals surface area contributed by atoms with E-state index in [0.717, 1.165) is 36.2 Å². The molecule has 2 aromatic rings. The smallest absolute Gasteiger partial charge is 0.194 e. The van der Waals surface area contributed by atoms with Gasteiger partial charge in [-0.2, -0.15) is 5.10 Å². The molecule has 0 saturated carbocycles. The number of aryl methyl sites for hydroxylation is 1. The minimum Gasteiger partial charge on any atom is -0.497 e. The zero-order valence-corrected chi connectivity index (χ0v) is 21.5. The highest BCUT2D eigenvalue weighted by Crippen LogP contribution is 2.19. The van der Waals surface area contributed by atoms with E-state index in [1.165, 1.54) is 5.56 Å². The van der Waals surface area contributed by atoms with Gasteiger partial charge >= 0.3 is 0 Å². The summed E-state index contributed by atoms with van der Waals surface area (Å²) in [5.74, 6) is 2.87. The predicted octanol–water partition coefficient (Wildman–Crippen LogP) is 4.03. The molecule has 1 aromatic carbocycles. The van der Waals surface area contributed by atoms with Gasteiger partial charge in [-0.3, -0.25) is 4.68 Å². The molecule has 0 aliphatic carbocycles. The molecular formula is C22H36IN5O2. The molecule has 8 heteroatoms. The van der Waals surface area contributed by atoms with E-state index in [2.05, 4.69) is 42.3 Å². The summed E-state index contributed by atoms with van der Waals surface area (Å²) in [5, 5.41) is 7.97. The molecular weight excluding hydrogens is 493 g/mol. The summed E-state index contributed by atoms with van der Waals surface area (Å²) in [5.41, 5.74) is 2.35. The molecule has 7 nitrogen and oxygen atoms in total. The first-order chi connectivity index (χ1) is 13.8. The van der Waals surface area contributed by atoms with Crippen molar-refractivity contribution in [2.45, 2.75) is 46.3 Å². The number of nitrogens with one attached hydrogen (secondary N) is 1. The lowest BCUT2D eigenvalue weighted by Crippen LogP contribution is -2.39. The van der Waals surface area contributed by atoms with E-state index >= 15 is 0 Å². The summed E-state index contributed by atoms with van der Waals surface area (Å²) >= 11 is 0. The van der Waals surface area contributed by atoms with Gasteiger partial charge in [0.15, 0.2) is 5.96 Å². The zero-order chi connectivity index (χ0) is 21.4. The van der Waals surface area contributed by atoms with Crippen LogP contribution in [0.25, 0.3) is 0 Å². The molecule has 168 valence electrons. The first kappa shape index (κ1) is 26.1. The van der Waals surface area contributed by atoms with Crippen molar-refractivity contribution in [3.63, 3.8) is 0 Å². The number of hydrogen-bond acceptors (Lipinski definition) is 4. The van der Waals surface area contributed by atoms with Gasteiger partial charge in [0, 0.05) is 38.9 Å². The molecule has 1 heterocycles. The fraction of sp³-hybridized carbons (Fsp3) is 0.545. The van der Waals surface area contributed by atoms with Gasteiger partial charge in [0.25, 0.3) is 0 Å². The lowest BCUT2D eigenvalue weighted by Gasteiger charge is -2.23. The number of rotatable bonds is 9. The van der Waals surface area contributed by atoms with E-state index in [-0.39, 0.29) is 30.1 Å². The van der Waals surface area contributed by atoms with Gasteiger partial charge in [-0.05, 0) is 44.0 Å². The number of aliphatic imine (C=N–C) groups is 1. The van der Waals surface area contributed by atoms with Crippen molar-refractivity contribution in [3.05, 3.63) is 41.7 Å². The van der Waals surface area contributed by atoms with Crippen LogP contribution in [0.1, 0.15) is 44.9 Å². The van der Waals surface area contributed by atoms with Gasteiger partial charge in [-0.1, -0.05) is 13.8 Å². The Kier molecular flexibility index (Phi) is 11.0. The summed E-state index contributed by atoms with van der Waals surface area (Å²) in [4.78, 5) is 6.91. The quantitative estimate of drug-likeness (QED) is 0.302. The fourth-order valence-corrected chi connectivity index (χ4v) is 3.10. The van der Waals surface area contributed by atoms with E-state index < -0.39 is 0 Å². The Bertz CT molecular complexity index is 789. The Morgan fingerprint density at radius 2 is 1.83 bits per heavy atom. The van der Waals surface area contributed by atoms with Crippen molar-refractivity contribution in [2.75, 3.05) is 27.2 Å². The highest BCUT2D eigenvalue weighted by molar-refractivity contribution is 14.0. The summed E-state index contributed by atoms with van der Waals surface area (Å²) in [6.07, 6.45) is 2.04. The minimum absolute atomic E-state index is 0. The van der Waals surface area contributed by atoms with Gasteiger partial charge in [-0.25, -0.2) is 4.99 Å². The molecule has 0 aliphatic heterocycles. The summed E-state index contributed by atoms with van der Waals surface area (Å²) in [6.45, 7) is 10.6. The lowest BCUT2D eigenvalue weighted by molar-refractivity contribution is 0.229. The van der Waals surface area contributed by atoms with Crippen molar-refractivity contribution in [3.8, 4) is 11.5 Å². The van der Waals surface area contributed by atoms with Crippen molar-refractivity contribution in [1.29, 1.82) is 0 Å². The van der Waals surface area contributed by atoms with Gasteiger partial charge in [0.2, 0.25) is 0 Å². The molecule has 0 spiro atoms. The summed E-state index contributed by atoms with van der Waals surface area (Å²) < 4.78 is 13.0. The minimum atomic E-state index is -0.0462. The van der Waals surface area contributed by atoms with Crippen LogP contribution in [0.4, 0.5) is 0 Å². The molecule has 0 saturated heterocycles. The first-order valence-electron chi connectivity index (χ1n) is 10.2. The molecule has 30 heavy (non-hydrogen) atoms. The summed E-state index contributed by atoms with van der Waals surface area (Å²) in [7, 11) is 5.67. The third-order valence-electron chi connectivity index (χ3n) is 4.48. The lowest BCUT2D eigenvalue weighted by atomic mass is 10.1. The average Bonchev–Trinajstić information content (AvgIpc) is 3.06. The third-order valence-corrected chi connectivity index (χ3v) is 4.48. The van der Waals surface area contributed by atoms with E-state index in [1.54, 1.807) is 7.11 Å². The molecule has 1 unspecified atom stereocenters. The van der Waals surface area contributed by atoms with Gasteiger partial charge < -0.3 is 19.7 Å². The Labute approximate surface area is 197 Å². The van der Waals surface area contributed by atoms with Gasteiger partial charge in [-0.15, -0.1) is 24.0 Å². The number of ether oxygens (including phenoxy) is 2. The second-order valence-corrected chi connectivity index (χ2v) is 7.52. The van der Waals surface area contributed by atoms with Crippen molar-refractivity contribution in [1.82, 2.24) is 20.0 Å². The molecule has 2 rings (SSSR count). The zero-order valence-electron chi connectivity index (χ0n) is 19.2. The van der Waals surface area contributed by atoms with Crippen LogP contribution in [-0.4, -0.2) is 54.0 Å². The Morgan fingerprint density at radius 1 is 1.20 bits per heavy atom. The number of nitrogens with zero attached hydrogens (tertiary/aromatic N) is 4. The summed E-state index contributed by atoms with van der Waals surface area (Å²) in [6, 6.07) is 7.60. The monoisotopic (exact) mass is 529 g/mol. The molecule has 0 aliphatic rings. The van der Waals surface area contributed by atoms with Crippen LogP contribution in [0, 0.1) is 0 Å². The topological polar surface area (TPSA) is 63.9 Å². The Morgan fingerprint density at radius 3 is 2.40 bits per heavy atom. The molecule has 0 bridgehead atoms. The maximum Gasteiger partial charge on any atom is 0.194 e. The Balaban J connectivity index is 0.00000450. The van der Waals surface area contributed by atoms with E-state index in [1.807, 2.05) is 50.0 Å². The van der Waals surface area contributed by atoms with Crippen LogP contribution >= 0.6 is 24.0 Å². The van der Waals surface area contributed by atoms with Crippen LogP contribution in [-0.2, 0) is 13.6 Å². The number of halogens is 1. The third kappa shape index (κ3) is 7.70. The molecule has 0 fully saturated rings. The van der Waals surface area contributed by atoms with E-state index in [4.69, 9.17) is 14.5 Å². The standard InChI is InChI=1S/C22H35N5O2.HI/c1-8-23-22(26(5)14-18-15-27(6)25-21(18)16(2)3)24-13-17(4)29-20-11-9-19(28-7)10-12-20;/h9-12,15-17H,8,13-14H2,1-7H3,(H,23,24);1H. The van der Waals surface area contributed by atoms with Crippen molar-refractivity contribution < 1.29 is 9.47 Å². The highest BCUT2D eigenvalue weighted by Gasteiger charge is 2.15. The van der Waals surface area contributed by atoms with Crippen molar-refractivity contribution in [2.24, 2.45) is 12.0 Å². The van der Waals surface area contributed by atoms with E-state index in [9.17, 15) is 0 Å². The molecule has 1 N–H and O–H groups in total. The van der Waals surface area contributed by atoms with Crippen LogP contribution < -0.4 is 14.8 Å². The number of guanidine groups is 1. The van der Waals surface area contributed by atoms with Crippen LogP contribution in [0.2, 0.25) is 0 Å². The maximum absolute atomic E-state index is 5.97. The maximum atomic E-state index is 5.97. The molecule has 1 atom stereocenters. The predicted molar refractivity (Wildman–Crippen MR) is 133 cm³/mol. The first-order valence-corrected chi connectivity index (χ1v) is 10.2. The number of aromatic nitrogens is 2. The fourth-order valence-electron chi connectivity index (χ4n) is 3.10. The number of benzene rings is 1. The van der Waals surface area contributed by atoms with Crippen LogP contribution in [0.3, 0.4) is 0 Å². The molecule has 0 radical (unpaired) electrons. The number of hydrogen-bond donors (Lipinski definition) is 1. The number of methoxy groups -OCH3 is 1. The normalized spacial score (nSPS) is 12.3. The van der Waals surface area contributed by atoms with Crippen LogP contribution in [0.15, 0.2) is 35.5 Å². The molecule has 0 amide bonds. The van der Waals surface area contributed by atoms with E-state index in [0.29, 0.717) is 12.5 Å². The second kappa shape index (κ2) is 12.7. The Hall–Kier alpha value is -1.97. The SMILES string of the molecule is CCNC(=NCC(C)Oc1ccc(OC)cc1)N(C)Cc1cn(C)nc1C(C)C.I. The highest BCUT2D eigenvalue weighted by atomic mass is 127.